The van der Waals surface area contributed by atoms with Crippen molar-refractivity contribution in [2.24, 2.45) is 4.99 Å². The normalized spacial score (nSPS) is 15.0. The minimum atomic E-state index is -0.181. The van der Waals surface area contributed by atoms with Gasteiger partial charge in [-0.2, -0.15) is 0 Å². The Kier molecular flexibility index (Phi) is 5.61. The topological polar surface area (TPSA) is 74.8 Å². The zero-order valence-electron chi connectivity index (χ0n) is 20.7. The number of aliphatic imine (C=N–C) groups is 1. The van der Waals surface area contributed by atoms with Gasteiger partial charge in [0.25, 0.3) is 0 Å². The molecule has 37 heavy (non-hydrogen) atoms. The van der Waals surface area contributed by atoms with Gasteiger partial charge in [-0.05, 0) is 37.6 Å². The number of hydrogen-bond donors (Lipinski definition) is 2. The summed E-state index contributed by atoms with van der Waals surface area (Å²) < 4.78 is 5.96. The molecule has 0 fully saturated rings. The summed E-state index contributed by atoms with van der Waals surface area (Å²) in [5.41, 5.74) is 7.27. The molecular weight excluding hydrogens is 460 g/mol. The Hall–Kier alpha value is -4.64. The van der Waals surface area contributed by atoms with Gasteiger partial charge < -0.3 is 14.8 Å². The van der Waals surface area contributed by atoms with Crippen LogP contribution in [0.4, 0.5) is 11.4 Å². The molecule has 2 N–H and O–H groups in total. The molecule has 1 unspecified atom stereocenters. The van der Waals surface area contributed by atoms with Crippen molar-refractivity contribution >= 4 is 33.8 Å². The number of carbonyl (C=O) groups is 1. The van der Waals surface area contributed by atoms with E-state index in [9.17, 15) is 9.90 Å². The molecule has 0 amide bonds. The van der Waals surface area contributed by atoms with E-state index < -0.39 is 0 Å². The Balaban J connectivity index is 1.46. The lowest BCUT2D eigenvalue weighted by Crippen LogP contribution is -2.14. The number of para-hydroxylation sites is 2. The highest BCUT2D eigenvalue weighted by Crippen LogP contribution is 2.39. The highest BCUT2D eigenvalue weighted by atomic mass is 16.3. The third-order valence-electron chi connectivity index (χ3n) is 6.97. The number of aryl methyl sites for hydroxylation is 2. The molecule has 5 aromatic rings. The highest BCUT2D eigenvalue weighted by molar-refractivity contribution is 6.12. The van der Waals surface area contributed by atoms with Crippen molar-refractivity contribution in [3.05, 3.63) is 125 Å². The minimum Gasteiger partial charge on any atom is -0.507 e. The maximum absolute atomic E-state index is 13.1. The predicted molar refractivity (Wildman–Crippen MR) is 147 cm³/mol. The summed E-state index contributed by atoms with van der Waals surface area (Å²) in [6.07, 6.45) is 0.573. The van der Waals surface area contributed by atoms with Crippen molar-refractivity contribution in [1.29, 1.82) is 0 Å². The molecule has 2 heterocycles. The number of phenolic OH excluding ortho intramolecular Hbond substituents is 1. The number of carbonyl (C=O) groups excluding carboxylic acids is 1. The quantitative estimate of drug-likeness (QED) is 0.256. The summed E-state index contributed by atoms with van der Waals surface area (Å²) in [6.45, 7) is 3.95. The van der Waals surface area contributed by atoms with Gasteiger partial charge in [0.2, 0.25) is 5.78 Å². The molecule has 0 saturated heterocycles. The molecule has 0 aliphatic carbocycles. The van der Waals surface area contributed by atoms with Crippen molar-refractivity contribution in [2.75, 3.05) is 5.32 Å². The average molecular weight is 487 g/mol. The van der Waals surface area contributed by atoms with E-state index in [1.165, 1.54) is 5.56 Å². The Labute approximate surface area is 215 Å². The average Bonchev–Trinajstić information content (AvgIpc) is 3.10. The van der Waals surface area contributed by atoms with E-state index in [1.807, 2.05) is 55.5 Å². The maximum atomic E-state index is 13.1. The van der Waals surface area contributed by atoms with Crippen LogP contribution in [-0.4, -0.2) is 16.6 Å². The van der Waals surface area contributed by atoms with Crippen LogP contribution >= 0.6 is 0 Å². The van der Waals surface area contributed by atoms with Crippen LogP contribution in [0.3, 0.4) is 0 Å². The SMILES string of the molecule is Cc1ccc(C2CC(c3cc4c(C)c(C(=O)c5ccccc5)oc4cc3O)=Nc3ccccc3N2)cc1. The fourth-order valence-electron chi connectivity index (χ4n) is 4.91. The number of nitrogens with one attached hydrogen (secondary N) is 1. The van der Waals surface area contributed by atoms with Gasteiger partial charge in [0.15, 0.2) is 5.76 Å². The van der Waals surface area contributed by atoms with Crippen LogP contribution < -0.4 is 5.32 Å². The van der Waals surface area contributed by atoms with Gasteiger partial charge in [0, 0.05) is 34.6 Å². The maximum Gasteiger partial charge on any atom is 0.228 e. The third kappa shape index (κ3) is 4.19. The molecule has 0 bridgehead atoms. The van der Waals surface area contributed by atoms with Crippen molar-refractivity contribution in [3.8, 4) is 5.75 Å². The van der Waals surface area contributed by atoms with E-state index in [2.05, 4.69) is 36.5 Å². The summed E-state index contributed by atoms with van der Waals surface area (Å²) >= 11 is 0. The monoisotopic (exact) mass is 486 g/mol. The fourth-order valence-corrected chi connectivity index (χ4v) is 4.91. The molecule has 0 spiro atoms. The van der Waals surface area contributed by atoms with E-state index >= 15 is 0 Å². The first kappa shape index (κ1) is 22.8. The lowest BCUT2D eigenvalue weighted by atomic mass is 9.95. The van der Waals surface area contributed by atoms with Crippen LogP contribution in [0, 0.1) is 13.8 Å². The van der Waals surface area contributed by atoms with Gasteiger partial charge in [-0.1, -0.05) is 72.3 Å². The van der Waals surface area contributed by atoms with Crippen molar-refractivity contribution in [2.45, 2.75) is 26.3 Å². The van der Waals surface area contributed by atoms with E-state index in [0.717, 1.165) is 33.6 Å². The second kappa shape index (κ2) is 9.10. The van der Waals surface area contributed by atoms with Gasteiger partial charge in [-0.3, -0.25) is 9.79 Å². The number of benzene rings is 4. The predicted octanol–water partition coefficient (Wildman–Crippen LogP) is 7.66. The van der Waals surface area contributed by atoms with Gasteiger partial charge in [-0.25, -0.2) is 0 Å². The van der Waals surface area contributed by atoms with Gasteiger partial charge in [0.1, 0.15) is 11.3 Å². The van der Waals surface area contributed by atoms with E-state index in [0.29, 0.717) is 23.1 Å². The zero-order chi connectivity index (χ0) is 25.5. The van der Waals surface area contributed by atoms with Crippen LogP contribution in [0.5, 0.6) is 5.75 Å². The number of furan rings is 1. The van der Waals surface area contributed by atoms with Crippen molar-refractivity contribution < 1.29 is 14.3 Å². The van der Waals surface area contributed by atoms with Crippen LogP contribution in [0.15, 0.2) is 100 Å². The first-order chi connectivity index (χ1) is 18.0. The number of nitrogens with zero attached hydrogens (tertiary/aromatic N) is 1. The Morgan fingerprint density at radius 3 is 2.46 bits per heavy atom. The smallest absolute Gasteiger partial charge is 0.228 e. The molecular formula is C32H26N2O3. The standard InChI is InChI=1S/C32H26N2O3/c1-19-12-14-21(15-13-19)27-17-28(34-26-11-7-6-10-25(26)33-27)24-16-23-20(2)32(37-30(23)18-29(24)35)31(36)22-8-4-3-5-9-22/h3-16,18,27,33,35H,17H2,1-2H3. The van der Waals surface area contributed by atoms with Crippen molar-refractivity contribution in [1.82, 2.24) is 0 Å². The summed E-state index contributed by atoms with van der Waals surface area (Å²) in [5, 5.41) is 15.5. The minimum absolute atomic E-state index is 0.0289. The molecule has 5 nitrogen and oxygen atoms in total. The number of hydrogen-bond acceptors (Lipinski definition) is 5. The van der Waals surface area contributed by atoms with Gasteiger partial charge in [-0.15, -0.1) is 0 Å². The molecule has 6 rings (SSSR count). The van der Waals surface area contributed by atoms with Crippen molar-refractivity contribution in [3.63, 3.8) is 0 Å². The van der Waals surface area contributed by atoms with E-state index in [-0.39, 0.29) is 23.3 Å². The lowest BCUT2D eigenvalue weighted by molar-refractivity contribution is 0.101. The number of aromatic hydroxyl groups is 1. The number of phenols is 1. The zero-order valence-corrected chi connectivity index (χ0v) is 20.7. The lowest BCUT2D eigenvalue weighted by Gasteiger charge is -2.20. The number of anilines is 1. The molecule has 182 valence electrons. The Bertz CT molecular complexity index is 1660. The van der Waals surface area contributed by atoms with Crippen LogP contribution in [0.1, 0.15) is 50.8 Å². The van der Waals surface area contributed by atoms with E-state index in [1.54, 1.807) is 18.2 Å². The molecule has 1 atom stereocenters. The number of rotatable bonds is 4. The summed E-state index contributed by atoms with van der Waals surface area (Å²) in [7, 11) is 0. The molecule has 0 radical (unpaired) electrons. The third-order valence-corrected chi connectivity index (χ3v) is 6.97. The van der Waals surface area contributed by atoms with Gasteiger partial charge in [0.05, 0.1) is 23.1 Å². The molecule has 5 heteroatoms. The fraction of sp³-hybridized carbons (Fsp3) is 0.125. The summed E-state index contributed by atoms with van der Waals surface area (Å²) in [4.78, 5) is 18.1. The van der Waals surface area contributed by atoms with E-state index in [4.69, 9.17) is 9.41 Å². The van der Waals surface area contributed by atoms with Crippen LogP contribution in [0.25, 0.3) is 11.0 Å². The molecule has 0 saturated carbocycles. The number of ketones is 1. The highest BCUT2D eigenvalue weighted by Gasteiger charge is 2.25. The molecule has 1 aromatic heterocycles. The first-order valence-corrected chi connectivity index (χ1v) is 12.3. The summed E-state index contributed by atoms with van der Waals surface area (Å²) in [6, 6.07) is 28.9. The van der Waals surface area contributed by atoms with Crippen LogP contribution in [0.2, 0.25) is 0 Å². The molecule has 4 aromatic carbocycles. The summed E-state index contributed by atoms with van der Waals surface area (Å²) in [5.74, 6) is 0.172. The van der Waals surface area contributed by atoms with Crippen LogP contribution in [-0.2, 0) is 0 Å². The van der Waals surface area contributed by atoms with Gasteiger partial charge >= 0.3 is 0 Å². The molecule has 1 aliphatic heterocycles. The largest absolute Gasteiger partial charge is 0.507 e. The second-order valence-corrected chi connectivity index (χ2v) is 9.50. The first-order valence-electron chi connectivity index (χ1n) is 12.3. The second-order valence-electron chi connectivity index (χ2n) is 9.50. The molecule has 1 aliphatic rings. The number of fused-ring (bicyclic) bond motifs is 2. The Morgan fingerprint density at radius 2 is 1.68 bits per heavy atom. The Morgan fingerprint density at radius 1 is 0.946 bits per heavy atom.